The van der Waals surface area contributed by atoms with Crippen LogP contribution in [0.3, 0.4) is 0 Å². The van der Waals surface area contributed by atoms with Gasteiger partial charge in [0.1, 0.15) is 23.8 Å². The van der Waals surface area contributed by atoms with Crippen LogP contribution >= 0.6 is 0 Å². The van der Waals surface area contributed by atoms with Gasteiger partial charge < -0.3 is 24.3 Å². The average molecular weight is 620 g/mol. The number of para-hydroxylation sites is 2. The molecular formula is C36H37N5O5. The van der Waals surface area contributed by atoms with E-state index in [1.165, 1.54) is 16.7 Å². The highest BCUT2D eigenvalue weighted by atomic mass is 16.5. The van der Waals surface area contributed by atoms with Crippen molar-refractivity contribution in [3.8, 4) is 28.7 Å². The Labute approximate surface area is 268 Å². The number of fused-ring (bicyclic) bond motifs is 1. The number of hydrogen-bond donors (Lipinski definition) is 1. The Morgan fingerprint density at radius 1 is 0.848 bits per heavy atom. The van der Waals surface area contributed by atoms with Gasteiger partial charge in [-0.3, -0.25) is 9.69 Å². The van der Waals surface area contributed by atoms with E-state index in [2.05, 4.69) is 56.9 Å². The lowest BCUT2D eigenvalue weighted by atomic mass is 9.98. The topological polar surface area (TPSA) is 100.0 Å². The fourth-order valence-electron chi connectivity index (χ4n) is 5.51. The zero-order chi connectivity index (χ0) is 31.9. The molecule has 10 heteroatoms. The van der Waals surface area contributed by atoms with Crippen molar-refractivity contribution in [2.75, 3.05) is 39.7 Å². The fourth-order valence-corrected chi connectivity index (χ4v) is 5.51. The molecule has 4 aromatic carbocycles. The summed E-state index contributed by atoms with van der Waals surface area (Å²) >= 11 is 0. The van der Waals surface area contributed by atoms with E-state index in [4.69, 9.17) is 18.9 Å². The maximum absolute atomic E-state index is 12.8. The van der Waals surface area contributed by atoms with Crippen LogP contribution in [0.2, 0.25) is 0 Å². The molecule has 1 aromatic heterocycles. The van der Waals surface area contributed by atoms with Gasteiger partial charge in [0.25, 0.3) is 5.91 Å². The standard InChI is InChI=1S/C36H37N5O5/c1-43-31-14-10-26(11-15-31)36(42)37-32-6-4-5-7-33(32)46-24-29-23-41(39-38-29)30-12-8-25(9-13-30)16-18-40-19-17-27-20-34(44-2)35(45-3)21-28(27)22-40/h4-15,20-21,23H,16-19,22,24H2,1-3H3,(H,37,42). The Hall–Kier alpha value is -5.35. The molecule has 1 N–H and O–H groups in total. The van der Waals surface area contributed by atoms with Gasteiger partial charge in [0.05, 0.1) is 38.9 Å². The van der Waals surface area contributed by atoms with Crippen LogP contribution in [0.1, 0.15) is 32.7 Å². The van der Waals surface area contributed by atoms with Crippen LogP contribution in [0.15, 0.2) is 91.1 Å². The van der Waals surface area contributed by atoms with E-state index in [1.54, 1.807) is 56.3 Å². The van der Waals surface area contributed by atoms with E-state index < -0.39 is 0 Å². The molecule has 0 spiro atoms. The summed E-state index contributed by atoms with van der Waals surface area (Å²) in [7, 11) is 4.94. The maximum atomic E-state index is 12.8. The molecular weight excluding hydrogens is 582 g/mol. The van der Waals surface area contributed by atoms with E-state index in [9.17, 15) is 4.79 Å². The summed E-state index contributed by atoms with van der Waals surface area (Å²) in [6.45, 7) is 3.09. The lowest BCUT2D eigenvalue weighted by Crippen LogP contribution is -2.32. The van der Waals surface area contributed by atoms with Gasteiger partial charge in [0.2, 0.25) is 0 Å². The van der Waals surface area contributed by atoms with Crippen LogP contribution in [0, 0.1) is 0 Å². The molecule has 0 saturated carbocycles. The van der Waals surface area contributed by atoms with Crippen LogP contribution in [-0.2, 0) is 26.0 Å². The number of hydrogen-bond acceptors (Lipinski definition) is 8. The number of ether oxygens (including phenoxy) is 4. The van der Waals surface area contributed by atoms with Crippen LogP contribution in [-0.4, -0.2) is 60.2 Å². The number of rotatable bonds is 12. The average Bonchev–Trinajstić information content (AvgIpc) is 3.59. The predicted octanol–water partition coefficient (Wildman–Crippen LogP) is 5.73. The summed E-state index contributed by atoms with van der Waals surface area (Å²) in [6, 6.07) is 26.8. The van der Waals surface area contributed by atoms with Gasteiger partial charge >= 0.3 is 0 Å². The van der Waals surface area contributed by atoms with Crippen molar-refractivity contribution in [3.63, 3.8) is 0 Å². The predicted molar refractivity (Wildman–Crippen MR) is 175 cm³/mol. The SMILES string of the molecule is COc1ccc(C(=O)Nc2ccccc2OCc2cn(-c3ccc(CCN4CCc5cc(OC)c(OC)cc5C4)cc3)nn2)cc1. The smallest absolute Gasteiger partial charge is 0.255 e. The quantitative estimate of drug-likeness (QED) is 0.189. The van der Waals surface area contributed by atoms with E-state index >= 15 is 0 Å². The number of anilines is 1. The number of benzene rings is 4. The second-order valence-electron chi connectivity index (χ2n) is 11.0. The monoisotopic (exact) mass is 619 g/mol. The summed E-state index contributed by atoms with van der Waals surface area (Å²) in [5.41, 5.74) is 6.56. The van der Waals surface area contributed by atoms with Gasteiger partial charge in [0, 0.05) is 25.2 Å². The molecule has 0 aliphatic carbocycles. The normalized spacial score (nSPS) is 12.7. The number of carbonyl (C=O) groups is 1. The van der Waals surface area contributed by atoms with Gasteiger partial charge in [0.15, 0.2) is 11.5 Å². The van der Waals surface area contributed by atoms with E-state index in [0.717, 1.165) is 49.7 Å². The first kappa shape index (κ1) is 30.7. The van der Waals surface area contributed by atoms with Gasteiger partial charge in [-0.05, 0) is 90.2 Å². The van der Waals surface area contributed by atoms with Crippen LogP contribution in [0.25, 0.3) is 5.69 Å². The van der Waals surface area contributed by atoms with Gasteiger partial charge in [-0.1, -0.05) is 29.5 Å². The van der Waals surface area contributed by atoms with Crippen molar-refractivity contribution in [3.05, 3.63) is 119 Å². The molecule has 6 rings (SSSR count). The summed E-state index contributed by atoms with van der Waals surface area (Å²) in [5, 5.41) is 11.5. The van der Waals surface area contributed by atoms with Crippen LogP contribution in [0.4, 0.5) is 5.69 Å². The third-order valence-electron chi connectivity index (χ3n) is 8.12. The number of nitrogens with one attached hydrogen (secondary N) is 1. The Bertz CT molecular complexity index is 1790. The summed E-state index contributed by atoms with van der Waals surface area (Å²) in [4.78, 5) is 15.3. The zero-order valence-electron chi connectivity index (χ0n) is 26.2. The summed E-state index contributed by atoms with van der Waals surface area (Å²) in [6.07, 6.45) is 3.80. The van der Waals surface area contributed by atoms with E-state index in [-0.39, 0.29) is 12.5 Å². The summed E-state index contributed by atoms with van der Waals surface area (Å²) < 4.78 is 23.9. The van der Waals surface area contributed by atoms with Crippen molar-refractivity contribution in [1.82, 2.24) is 19.9 Å². The number of nitrogens with zero attached hydrogens (tertiary/aromatic N) is 4. The molecule has 0 atom stereocenters. The molecule has 0 bridgehead atoms. The van der Waals surface area contributed by atoms with Crippen LogP contribution in [0.5, 0.6) is 23.0 Å². The molecule has 1 aliphatic heterocycles. The number of amides is 1. The van der Waals surface area contributed by atoms with Crippen molar-refractivity contribution < 1.29 is 23.7 Å². The third-order valence-corrected chi connectivity index (χ3v) is 8.12. The Balaban J connectivity index is 1.02. The molecule has 5 aromatic rings. The minimum Gasteiger partial charge on any atom is -0.497 e. The molecule has 0 radical (unpaired) electrons. The van der Waals surface area contributed by atoms with Gasteiger partial charge in [-0.15, -0.1) is 5.10 Å². The van der Waals surface area contributed by atoms with Crippen molar-refractivity contribution in [1.29, 1.82) is 0 Å². The number of carbonyl (C=O) groups excluding carboxylic acids is 1. The Morgan fingerprint density at radius 2 is 1.59 bits per heavy atom. The molecule has 0 saturated heterocycles. The minimum atomic E-state index is -0.240. The minimum absolute atomic E-state index is 0.200. The molecule has 0 fully saturated rings. The van der Waals surface area contributed by atoms with Crippen molar-refractivity contribution in [2.45, 2.75) is 26.0 Å². The summed E-state index contributed by atoms with van der Waals surface area (Å²) in [5.74, 6) is 2.56. The second kappa shape index (κ2) is 14.2. The molecule has 46 heavy (non-hydrogen) atoms. The molecule has 1 aliphatic rings. The van der Waals surface area contributed by atoms with Crippen molar-refractivity contribution >= 4 is 11.6 Å². The molecule has 10 nitrogen and oxygen atoms in total. The highest BCUT2D eigenvalue weighted by molar-refractivity contribution is 6.05. The number of methoxy groups -OCH3 is 3. The van der Waals surface area contributed by atoms with Crippen molar-refractivity contribution in [2.24, 2.45) is 0 Å². The first-order valence-corrected chi connectivity index (χ1v) is 15.2. The van der Waals surface area contributed by atoms with Gasteiger partial charge in [-0.2, -0.15) is 0 Å². The van der Waals surface area contributed by atoms with Gasteiger partial charge in [-0.25, -0.2) is 4.68 Å². The first-order valence-electron chi connectivity index (χ1n) is 15.2. The Morgan fingerprint density at radius 3 is 2.33 bits per heavy atom. The van der Waals surface area contributed by atoms with E-state index in [1.807, 2.05) is 24.4 Å². The molecule has 236 valence electrons. The molecule has 0 unspecified atom stereocenters. The Kier molecular flexibility index (Phi) is 9.45. The highest BCUT2D eigenvalue weighted by Gasteiger charge is 2.19. The third kappa shape index (κ3) is 7.13. The van der Waals surface area contributed by atoms with E-state index in [0.29, 0.717) is 28.4 Å². The largest absolute Gasteiger partial charge is 0.497 e. The zero-order valence-corrected chi connectivity index (χ0v) is 26.2. The lowest BCUT2D eigenvalue weighted by Gasteiger charge is -2.29. The molecule has 1 amide bonds. The second-order valence-corrected chi connectivity index (χ2v) is 11.0. The number of aromatic nitrogens is 3. The maximum Gasteiger partial charge on any atom is 0.255 e. The highest BCUT2D eigenvalue weighted by Crippen LogP contribution is 2.33. The lowest BCUT2D eigenvalue weighted by molar-refractivity contribution is 0.102. The first-order chi connectivity index (χ1) is 22.5. The fraction of sp³-hybridized carbons (Fsp3) is 0.250. The molecule has 2 heterocycles. The van der Waals surface area contributed by atoms with Crippen LogP contribution < -0.4 is 24.3 Å².